The Labute approximate surface area is 145 Å². The van der Waals surface area contributed by atoms with E-state index in [1.807, 2.05) is 6.07 Å². The first-order valence-corrected chi connectivity index (χ1v) is 7.98. The molecule has 0 atom stereocenters. The van der Waals surface area contributed by atoms with Gasteiger partial charge in [-0.2, -0.15) is 5.26 Å². The van der Waals surface area contributed by atoms with Crippen LogP contribution in [-0.4, -0.2) is 24.5 Å². The molecule has 0 radical (unpaired) electrons. The third-order valence-electron chi connectivity index (χ3n) is 3.69. The van der Waals surface area contributed by atoms with Crippen molar-refractivity contribution in [3.63, 3.8) is 0 Å². The smallest absolute Gasteiger partial charge is 0.262 e. The van der Waals surface area contributed by atoms with E-state index in [1.165, 1.54) is 0 Å². The van der Waals surface area contributed by atoms with Crippen LogP contribution >= 0.6 is 0 Å². The summed E-state index contributed by atoms with van der Waals surface area (Å²) in [4.78, 5) is 24.1. The minimum atomic E-state index is -0.368. The molecule has 0 aromatic heterocycles. The average molecular weight is 335 g/mol. The highest BCUT2D eigenvalue weighted by Crippen LogP contribution is 2.20. The molecule has 1 fully saturated rings. The van der Waals surface area contributed by atoms with Gasteiger partial charge in [-0.1, -0.05) is 18.2 Å². The summed E-state index contributed by atoms with van der Waals surface area (Å²) in [5, 5.41) is 14.6. The van der Waals surface area contributed by atoms with Crippen LogP contribution in [0.3, 0.4) is 0 Å². The van der Waals surface area contributed by atoms with Gasteiger partial charge in [-0.25, -0.2) is 0 Å². The number of nitrogens with one attached hydrogen (secondary N) is 2. The van der Waals surface area contributed by atoms with Crippen LogP contribution in [0.4, 0.5) is 5.69 Å². The first-order chi connectivity index (χ1) is 12.2. The van der Waals surface area contributed by atoms with Gasteiger partial charge < -0.3 is 15.4 Å². The van der Waals surface area contributed by atoms with Gasteiger partial charge in [0, 0.05) is 17.3 Å². The highest BCUT2D eigenvalue weighted by molar-refractivity contribution is 5.97. The van der Waals surface area contributed by atoms with Crippen molar-refractivity contribution in [2.45, 2.75) is 18.9 Å². The first kappa shape index (κ1) is 16.5. The molecule has 126 valence electrons. The highest BCUT2D eigenvalue weighted by atomic mass is 16.5. The molecule has 0 bridgehead atoms. The molecule has 2 aromatic rings. The lowest BCUT2D eigenvalue weighted by Gasteiger charge is -2.10. The van der Waals surface area contributed by atoms with Gasteiger partial charge in [0.15, 0.2) is 6.61 Å². The fourth-order valence-corrected chi connectivity index (χ4v) is 2.26. The molecule has 0 heterocycles. The van der Waals surface area contributed by atoms with E-state index in [0.717, 1.165) is 12.8 Å². The van der Waals surface area contributed by atoms with Gasteiger partial charge >= 0.3 is 0 Å². The number of para-hydroxylation sites is 1. The average Bonchev–Trinajstić information content (AvgIpc) is 3.44. The third-order valence-corrected chi connectivity index (χ3v) is 3.69. The molecular formula is C19H17N3O3. The van der Waals surface area contributed by atoms with Crippen LogP contribution < -0.4 is 15.4 Å². The minimum absolute atomic E-state index is 0.141. The van der Waals surface area contributed by atoms with Gasteiger partial charge in [-0.3, -0.25) is 9.59 Å². The zero-order valence-corrected chi connectivity index (χ0v) is 13.5. The second kappa shape index (κ2) is 7.49. The van der Waals surface area contributed by atoms with E-state index in [9.17, 15) is 9.59 Å². The monoisotopic (exact) mass is 335 g/mol. The molecule has 2 N–H and O–H groups in total. The molecule has 0 unspecified atom stereocenters. The summed E-state index contributed by atoms with van der Waals surface area (Å²) < 4.78 is 5.39. The lowest BCUT2D eigenvalue weighted by molar-refractivity contribution is -0.118. The van der Waals surface area contributed by atoms with Crippen LogP contribution in [0, 0.1) is 11.3 Å². The third kappa shape index (κ3) is 4.58. The van der Waals surface area contributed by atoms with Crippen molar-refractivity contribution < 1.29 is 14.3 Å². The molecule has 1 saturated carbocycles. The Hall–Kier alpha value is -3.33. The van der Waals surface area contributed by atoms with E-state index in [4.69, 9.17) is 10.00 Å². The lowest BCUT2D eigenvalue weighted by atomic mass is 10.2. The minimum Gasteiger partial charge on any atom is -0.482 e. The summed E-state index contributed by atoms with van der Waals surface area (Å²) in [6.07, 6.45) is 2.04. The summed E-state index contributed by atoms with van der Waals surface area (Å²) >= 11 is 0. The molecule has 0 saturated heterocycles. The Balaban J connectivity index is 1.57. The van der Waals surface area contributed by atoms with Crippen LogP contribution in [0.5, 0.6) is 5.75 Å². The van der Waals surface area contributed by atoms with Crippen molar-refractivity contribution in [2.75, 3.05) is 11.9 Å². The fraction of sp³-hybridized carbons (Fsp3) is 0.211. The number of ether oxygens (including phenoxy) is 1. The van der Waals surface area contributed by atoms with Gasteiger partial charge in [-0.05, 0) is 43.2 Å². The maximum absolute atomic E-state index is 12.0. The zero-order valence-electron chi connectivity index (χ0n) is 13.5. The van der Waals surface area contributed by atoms with Crippen LogP contribution in [-0.2, 0) is 4.79 Å². The van der Waals surface area contributed by atoms with E-state index in [0.29, 0.717) is 22.6 Å². The molecular weight excluding hydrogens is 318 g/mol. The predicted octanol–water partition coefficient (Wildman–Crippen LogP) is 2.47. The zero-order chi connectivity index (χ0) is 17.6. The topological polar surface area (TPSA) is 91.2 Å². The molecule has 1 aliphatic carbocycles. The van der Waals surface area contributed by atoms with E-state index in [1.54, 1.807) is 48.5 Å². The molecule has 6 nitrogen and oxygen atoms in total. The Kier molecular flexibility index (Phi) is 4.95. The maximum atomic E-state index is 12.0. The van der Waals surface area contributed by atoms with Crippen LogP contribution in [0.2, 0.25) is 0 Å². The number of hydrogen-bond acceptors (Lipinski definition) is 4. The van der Waals surface area contributed by atoms with Crippen molar-refractivity contribution in [1.29, 1.82) is 5.26 Å². The lowest BCUT2D eigenvalue weighted by Crippen LogP contribution is -2.25. The first-order valence-electron chi connectivity index (χ1n) is 7.98. The summed E-state index contributed by atoms with van der Waals surface area (Å²) in [7, 11) is 0. The van der Waals surface area contributed by atoms with Gasteiger partial charge in [0.2, 0.25) is 0 Å². The molecule has 3 rings (SSSR count). The van der Waals surface area contributed by atoms with E-state index >= 15 is 0 Å². The molecule has 0 spiro atoms. The van der Waals surface area contributed by atoms with E-state index in [2.05, 4.69) is 10.6 Å². The normalized spacial score (nSPS) is 12.8. The Morgan fingerprint density at radius 3 is 2.72 bits per heavy atom. The van der Waals surface area contributed by atoms with Crippen molar-refractivity contribution in [1.82, 2.24) is 5.32 Å². The molecule has 2 aromatic carbocycles. The number of carbonyl (C=O) groups excluding carboxylic acids is 2. The van der Waals surface area contributed by atoms with Gasteiger partial charge in [0.05, 0.1) is 5.56 Å². The van der Waals surface area contributed by atoms with Gasteiger partial charge in [0.25, 0.3) is 11.8 Å². The van der Waals surface area contributed by atoms with E-state index in [-0.39, 0.29) is 24.5 Å². The van der Waals surface area contributed by atoms with Crippen LogP contribution in [0.1, 0.15) is 28.8 Å². The Morgan fingerprint density at radius 2 is 1.96 bits per heavy atom. The number of nitriles is 1. The quantitative estimate of drug-likeness (QED) is 0.848. The van der Waals surface area contributed by atoms with Crippen LogP contribution in [0.15, 0.2) is 48.5 Å². The number of nitrogens with zero attached hydrogens (tertiary/aromatic N) is 1. The molecule has 2 amide bonds. The van der Waals surface area contributed by atoms with Crippen molar-refractivity contribution in [3.8, 4) is 11.8 Å². The maximum Gasteiger partial charge on any atom is 0.262 e. The summed E-state index contributed by atoms with van der Waals surface area (Å²) in [5.41, 5.74) is 1.39. The number of anilines is 1. The predicted molar refractivity (Wildman–Crippen MR) is 92.2 cm³/mol. The molecule has 25 heavy (non-hydrogen) atoms. The standard InChI is InChI=1S/C19H17N3O3/c20-11-14-4-1-2-7-17(14)25-12-18(23)21-16-6-3-5-13(10-16)19(24)22-15-8-9-15/h1-7,10,15H,8-9,12H2,(H,21,23)(H,22,24). The number of hydrogen-bond donors (Lipinski definition) is 2. The van der Waals surface area contributed by atoms with Crippen molar-refractivity contribution >= 4 is 17.5 Å². The van der Waals surface area contributed by atoms with Crippen molar-refractivity contribution in [2.24, 2.45) is 0 Å². The number of benzene rings is 2. The highest BCUT2D eigenvalue weighted by Gasteiger charge is 2.23. The Morgan fingerprint density at radius 1 is 1.16 bits per heavy atom. The Bertz CT molecular complexity index is 838. The number of amides is 2. The van der Waals surface area contributed by atoms with Gasteiger partial charge in [0.1, 0.15) is 11.8 Å². The summed E-state index contributed by atoms with van der Waals surface area (Å²) in [6.45, 7) is -0.225. The largest absolute Gasteiger partial charge is 0.482 e. The second-order valence-corrected chi connectivity index (χ2v) is 5.77. The van der Waals surface area contributed by atoms with Crippen molar-refractivity contribution in [3.05, 3.63) is 59.7 Å². The number of carbonyl (C=O) groups is 2. The molecule has 6 heteroatoms. The molecule has 0 aliphatic heterocycles. The summed E-state index contributed by atoms with van der Waals surface area (Å²) in [5.74, 6) is -0.150. The van der Waals surface area contributed by atoms with Gasteiger partial charge in [-0.15, -0.1) is 0 Å². The van der Waals surface area contributed by atoms with Crippen LogP contribution in [0.25, 0.3) is 0 Å². The fourth-order valence-electron chi connectivity index (χ4n) is 2.26. The SMILES string of the molecule is N#Cc1ccccc1OCC(=O)Nc1cccc(C(=O)NC2CC2)c1. The van der Waals surface area contributed by atoms with E-state index < -0.39 is 0 Å². The summed E-state index contributed by atoms with van der Waals surface area (Å²) in [6, 6.07) is 15.7. The second-order valence-electron chi connectivity index (χ2n) is 5.77. The molecule has 1 aliphatic rings. The number of rotatable bonds is 6.